The number of nitrogens with one attached hydrogen (secondary N) is 2. The molecule has 1 amide bonds. The van der Waals surface area contributed by atoms with Crippen LogP contribution in [0.1, 0.15) is 26.7 Å². The lowest BCUT2D eigenvalue weighted by molar-refractivity contribution is -0.114. The minimum absolute atomic E-state index is 0.229. The maximum atomic E-state index is 13.6. The van der Waals surface area contributed by atoms with Gasteiger partial charge in [0.1, 0.15) is 5.82 Å². The predicted octanol–water partition coefficient (Wildman–Crippen LogP) is 3.80. The van der Waals surface area contributed by atoms with Gasteiger partial charge in [0.05, 0.1) is 5.69 Å². The van der Waals surface area contributed by atoms with Gasteiger partial charge in [0, 0.05) is 18.7 Å². The molecule has 2 aliphatic rings. The third-order valence-corrected chi connectivity index (χ3v) is 4.64. The van der Waals surface area contributed by atoms with Crippen LogP contribution in [0.15, 0.2) is 30.4 Å². The Morgan fingerprint density at radius 3 is 2.76 bits per heavy atom. The van der Waals surface area contributed by atoms with Crippen molar-refractivity contribution in [2.45, 2.75) is 32.7 Å². The number of anilines is 2. The van der Waals surface area contributed by atoms with Crippen molar-refractivity contribution in [1.29, 1.82) is 0 Å². The minimum atomic E-state index is -0.411. The van der Waals surface area contributed by atoms with Crippen molar-refractivity contribution in [3.63, 3.8) is 0 Å². The van der Waals surface area contributed by atoms with E-state index in [2.05, 4.69) is 29.7 Å². The van der Waals surface area contributed by atoms with E-state index in [0.717, 1.165) is 11.6 Å². The highest BCUT2D eigenvalue weighted by Gasteiger charge is 2.38. The number of rotatable bonds is 4. The molecule has 0 saturated heterocycles. The summed E-state index contributed by atoms with van der Waals surface area (Å²) >= 11 is 0. The first-order valence-electron chi connectivity index (χ1n) is 7.55. The average molecular weight is 288 g/mol. The van der Waals surface area contributed by atoms with Crippen molar-refractivity contribution in [3.05, 3.63) is 36.2 Å². The number of carbonyl (C=O) groups excluding carboxylic acids is 1. The summed E-state index contributed by atoms with van der Waals surface area (Å²) < 4.78 is 13.6. The Kier molecular flexibility index (Phi) is 3.70. The van der Waals surface area contributed by atoms with Gasteiger partial charge in [-0.3, -0.25) is 4.79 Å². The van der Waals surface area contributed by atoms with Gasteiger partial charge >= 0.3 is 0 Å². The van der Waals surface area contributed by atoms with Crippen LogP contribution in [0.4, 0.5) is 15.8 Å². The summed E-state index contributed by atoms with van der Waals surface area (Å²) in [6.45, 7) is 3.56. The van der Waals surface area contributed by atoms with Gasteiger partial charge < -0.3 is 10.6 Å². The maximum Gasteiger partial charge on any atom is 0.221 e. The first-order chi connectivity index (χ1) is 10.0. The van der Waals surface area contributed by atoms with Crippen LogP contribution in [0.2, 0.25) is 0 Å². The van der Waals surface area contributed by atoms with E-state index in [1.54, 1.807) is 12.1 Å². The Balaban J connectivity index is 1.69. The van der Waals surface area contributed by atoms with Gasteiger partial charge in [0.25, 0.3) is 0 Å². The molecule has 3 rings (SSSR count). The van der Waals surface area contributed by atoms with E-state index in [0.29, 0.717) is 17.9 Å². The van der Waals surface area contributed by atoms with Crippen LogP contribution in [0, 0.1) is 23.6 Å². The van der Waals surface area contributed by atoms with E-state index >= 15 is 0 Å². The van der Waals surface area contributed by atoms with Crippen molar-refractivity contribution >= 4 is 17.3 Å². The lowest BCUT2D eigenvalue weighted by atomic mass is 9.87. The standard InChI is InChI=1S/C17H21FN2O/c1-10(15-8-12-3-4-13(15)7-12)19-14-5-6-16(18)17(9-14)20-11(2)21/h3-6,9-10,12-13,15,19H,7-8H2,1-2H3,(H,20,21). The van der Waals surface area contributed by atoms with Crippen LogP contribution in [-0.2, 0) is 4.79 Å². The summed E-state index contributed by atoms with van der Waals surface area (Å²) in [6.07, 6.45) is 7.18. The number of hydrogen-bond acceptors (Lipinski definition) is 2. The third-order valence-electron chi connectivity index (χ3n) is 4.64. The summed E-state index contributed by atoms with van der Waals surface area (Å²) in [4.78, 5) is 11.1. The highest BCUT2D eigenvalue weighted by molar-refractivity contribution is 5.89. The van der Waals surface area contributed by atoms with Crippen molar-refractivity contribution in [3.8, 4) is 0 Å². The molecule has 0 heterocycles. The molecule has 1 saturated carbocycles. The van der Waals surface area contributed by atoms with Gasteiger partial charge in [-0.1, -0.05) is 12.2 Å². The molecule has 4 heteroatoms. The smallest absolute Gasteiger partial charge is 0.221 e. The quantitative estimate of drug-likeness (QED) is 0.827. The van der Waals surface area contributed by atoms with E-state index in [1.165, 1.54) is 25.8 Å². The third kappa shape index (κ3) is 2.94. The monoisotopic (exact) mass is 288 g/mol. The molecule has 2 bridgehead atoms. The van der Waals surface area contributed by atoms with E-state index < -0.39 is 5.82 Å². The van der Waals surface area contributed by atoms with Crippen LogP contribution in [0.5, 0.6) is 0 Å². The van der Waals surface area contributed by atoms with Crippen molar-refractivity contribution in [2.24, 2.45) is 17.8 Å². The zero-order chi connectivity index (χ0) is 15.0. The fourth-order valence-electron chi connectivity index (χ4n) is 3.67. The minimum Gasteiger partial charge on any atom is -0.382 e. The van der Waals surface area contributed by atoms with E-state index in [9.17, 15) is 9.18 Å². The molecule has 4 unspecified atom stereocenters. The molecule has 1 aromatic rings. The first kappa shape index (κ1) is 14.1. The zero-order valence-corrected chi connectivity index (χ0v) is 12.4. The molecule has 0 radical (unpaired) electrons. The number of carbonyl (C=O) groups is 1. The Hall–Kier alpha value is -1.84. The summed E-state index contributed by atoms with van der Waals surface area (Å²) in [6, 6.07) is 5.11. The lowest BCUT2D eigenvalue weighted by Crippen LogP contribution is -2.28. The highest BCUT2D eigenvalue weighted by Crippen LogP contribution is 2.45. The molecule has 21 heavy (non-hydrogen) atoms. The second-order valence-corrected chi connectivity index (χ2v) is 6.25. The Bertz CT molecular complexity index is 584. The highest BCUT2D eigenvalue weighted by atomic mass is 19.1. The topological polar surface area (TPSA) is 41.1 Å². The van der Waals surface area contributed by atoms with Crippen molar-refractivity contribution < 1.29 is 9.18 Å². The van der Waals surface area contributed by atoms with Gasteiger partial charge in [-0.05, 0) is 55.7 Å². The summed E-state index contributed by atoms with van der Waals surface area (Å²) in [5.41, 5.74) is 1.08. The van der Waals surface area contributed by atoms with Gasteiger partial charge in [0.15, 0.2) is 0 Å². The van der Waals surface area contributed by atoms with Crippen molar-refractivity contribution in [1.82, 2.24) is 0 Å². The van der Waals surface area contributed by atoms with Crippen molar-refractivity contribution in [2.75, 3.05) is 10.6 Å². The van der Waals surface area contributed by atoms with Crippen LogP contribution in [0.3, 0.4) is 0 Å². The molecule has 112 valence electrons. The number of benzene rings is 1. The normalized spacial score (nSPS) is 27.7. The van der Waals surface area contributed by atoms with Gasteiger partial charge in [-0.2, -0.15) is 0 Å². The number of fused-ring (bicyclic) bond motifs is 2. The lowest BCUT2D eigenvalue weighted by Gasteiger charge is -2.27. The number of hydrogen-bond donors (Lipinski definition) is 2. The molecule has 0 spiro atoms. The van der Waals surface area contributed by atoms with E-state index in [4.69, 9.17) is 0 Å². The van der Waals surface area contributed by atoms with Crippen LogP contribution in [0.25, 0.3) is 0 Å². The van der Waals surface area contributed by atoms with Gasteiger partial charge in [-0.15, -0.1) is 0 Å². The average Bonchev–Trinajstić information content (AvgIpc) is 3.04. The van der Waals surface area contributed by atoms with Crippen LogP contribution < -0.4 is 10.6 Å². The predicted molar refractivity (Wildman–Crippen MR) is 82.6 cm³/mol. The zero-order valence-electron chi connectivity index (χ0n) is 12.4. The van der Waals surface area contributed by atoms with Gasteiger partial charge in [0.2, 0.25) is 5.91 Å². The van der Waals surface area contributed by atoms with E-state index in [-0.39, 0.29) is 11.6 Å². The second kappa shape index (κ2) is 5.51. The molecular weight excluding hydrogens is 267 g/mol. The molecule has 3 nitrogen and oxygen atoms in total. The molecule has 1 aromatic carbocycles. The molecular formula is C17H21FN2O. The van der Waals surface area contributed by atoms with Gasteiger partial charge in [-0.25, -0.2) is 4.39 Å². The largest absolute Gasteiger partial charge is 0.382 e. The SMILES string of the molecule is CC(=O)Nc1cc(NC(C)C2CC3C=CC2C3)ccc1F. The Labute approximate surface area is 124 Å². The fraction of sp³-hybridized carbons (Fsp3) is 0.471. The molecule has 2 N–H and O–H groups in total. The summed E-state index contributed by atoms with van der Waals surface area (Å²) in [5, 5.41) is 5.98. The first-order valence-corrected chi connectivity index (χ1v) is 7.55. The maximum absolute atomic E-state index is 13.6. The molecule has 2 aliphatic carbocycles. The number of amides is 1. The van der Waals surface area contributed by atoms with Crippen LogP contribution >= 0.6 is 0 Å². The number of halogens is 1. The summed E-state index contributed by atoms with van der Waals surface area (Å²) in [5.74, 6) is 1.37. The number of allylic oxidation sites excluding steroid dienone is 2. The summed E-state index contributed by atoms with van der Waals surface area (Å²) in [7, 11) is 0. The Morgan fingerprint density at radius 1 is 1.33 bits per heavy atom. The Morgan fingerprint density at radius 2 is 2.14 bits per heavy atom. The van der Waals surface area contributed by atoms with Crippen LogP contribution in [-0.4, -0.2) is 11.9 Å². The molecule has 0 aliphatic heterocycles. The fourth-order valence-corrected chi connectivity index (χ4v) is 3.67. The molecule has 1 fully saturated rings. The molecule has 0 aromatic heterocycles. The molecule has 4 atom stereocenters. The van der Waals surface area contributed by atoms with E-state index in [1.807, 2.05) is 0 Å². The second-order valence-electron chi connectivity index (χ2n) is 6.25.